The van der Waals surface area contributed by atoms with E-state index in [1.807, 2.05) is 24.4 Å². The standard InChI is InChI=1S/C12H11NO2/c1-15-12-5-4-9(7-10(12)8-14)11-3-2-6-13-11/h2-8,13H,1H3. The van der Waals surface area contributed by atoms with Crippen LogP contribution in [0.2, 0.25) is 0 Å². The Bertz CT molecular complexity index is 460. The molecule has 1 heterocycles. The van der Waals surface area contributed by atoms with Gasteiger partial charge in [-0.15, -0.1) is 0 Å². The Morgan fingerprint density at radius 2 is 2.20 bits per heavy atom. The second-order valence-electron chi connectivity index (χ2n) is 3.16. The molecule has 76 valence electrons. The molecule has 0 radical (unpaired) electrons. The SMILES string of the molecule is COc1ccc(-c2ccc[nH]2)cc1C=O. The number of ether oxygens (including phenoxy) is 1. The van der Waals surface area contributed by atoms with Crippen LogP contribution in [0.4, 0.5) is 0 Å². The fraction of sp³-hybridized carbons (Fsp3) is 0.0833. The molecule has 2 aromatic rings. The quantitative estimate of drug-likeness (QED) is 0.775. The molecule has 15 heavy (non-hydrogen) atoms. The molecule has 0 aliphatic carbocycles. The summed E-state index contributed by atoms with van der Waals surface area (Å²) < 4.78 is 5.07. The van der Waals surface area contributed by atoms with Crippen LogP contribution in [0.15, 0.2) is 36.5 Å². The number of H-pyrrole nitrogens is 1. The lowest BCUT2D eigenvalue weighted by molar-refractivity contribution is 0.112. The molecule has 0 aliphatic rings. The number of aromatic amines is 1. The number of hydrogen-bond donors (Lipinski definition) is 1. The molecule has 3 heteroatoms. The largest absolute Gasteiger partial charge is 0.496 e. The predicted octanol–water partition coefficient (Wildman–Crippen LogP) is 2.50. The van der Waals surface area contributed by atoms with Crippen molar-refractivity contribution in [2.24, 2.45) is 0 Å². The summed E-state index contributed by atoms with van der Waals surface area (Å²) in [6.07, 6.45) is 2.64. The van der Waals surface area contributed by atoms with Gasteiger partial charge in [0.25, 0.3) is 0 Å². The van der Waals surface area contributed by atoms with Gasteiger partial charge in [-0.05, 0) is 35.9 Å². The summed E-state index contributed by atoms with van der Waals surface area (Å²) in [5.41, 5.74) is 2.52. The minimum atomic E-state index is 0.560. The van der Waals surface area contributed by atoms with Gasteiger partial charge in [-0.2, -0.15) is 0 Å². The van der Waals surface area contributed by atoms with Crippen molar-refractivity contribution in [1.29, 1.82) is 0 Å². The normalized spacial score (nSPS) is 9.93. The van der Waals surface area contributed by atoms with Gasteiger partial charge in [0, 0.05) is 11.9 Å². The van der Waals surface area contributed by atoms with Crippen molar-refractivity contribution in [3.63, 3.8) is 0 Å². The molecule has 1 aromatic carbocycles. The minimum absolute atomic E-state index is 0.560. The molecule has 0 saturated carbocycles. The third kappa shape index (κ3) is 1.76. The number of aldehydes is 1. The summed E-state index contributed by atoms with van der Waals surface area (Å²) in [6, 6.07) is 9.38. The topological polar surface area (TPSA) is 42.1 Å². The van der Waals surface area contributed by atoms with Crippen LogP contribution in [0.1, 0.15) is 10.4 Å². The van der Waals surface area contributed by atoms with E-state index in [2.05, 4.69) is 4.98 Å². The first-order valence-electron chi connectivity index (χ1n) is 4.62. The van der Waals surface area contributed by atoms with E-state index in [1.54, 1.807) is 19.2 Å². The highest BCUT2D eigenvalue weighted by Gasteiger charge is 2.04. The van der Waals surface area contributed by atoms with Gasteiger partial charge in [0.15, 0.2) is 6.29 Å². The van der Waals surface area contributed by atoms with Gasteiger partial charge in [0.1, 0.15) is 5.75 Å². The van der Waals surface area contributed by atoms with E-state index in [-0.39, 0.29) is 0 Å². The highest BCUT2D eigenvalue weighted by molar-refractivity contribution is 5.82. The summed E-state index contributed by atoms with van der Waals surface area (Å²) in [5, 5.41) is 0. The van der Waals surface area contributed by atoms with Crippen LogP contribution in [0.5, 0.6) is 5.75 Å². The Morgan fingerprint density at radius 1 is 1.33 bits per heavy atom. The van der Waals surface area contributed by atoms with E-state index in [0.717, 1.165) is 17.5 Å². The van der Waals surface area contributed by atoms with Crippen molar-refractivity contribution in [3.8, 4) is 17.0 Å². The Balaban J connectivity index is 2.48. The van der Waals surface area contributed by atoms with Crippen molar-refractivity contribution >= 4 is 6.29 Å². The van der Waals surface area contributed by atoms with Gasteiger partial charge in [0.05, 0.1) is 12.7 Å². The molecule has 0 unspecified atom stereocenters. The minimum Gasteiger partial charge on any atom is -0.496 e. The smallest absolute Gasteiger partial charge is 0.153 e. The Morgan fingerprint density at radius 3 is 2.80 bits per heavy atom. The summed E-state index contributed by atoms with van der Waals surface area (Å²) >= 11 is 0. The molecule has 0 spiro atoms. The number of methoxy groups -OCH3 is 1. The van der Waals surface area contributed by atoms with E-state index in [1.165, 1.54) is 0 Å². The zero-order chi connectivity index (χ0) is 10.7. The molecule has 0 aliphatic heterocycles. The molecule has 0 amide bonds. The number of hydrogen-bond acceptors (Lipinski definition) is 2. The molecule has 1 N–H and O–H groups in total. The zero-order valence-corrected chi connectivity index (χ0v) is 8.36. The van der Waals surface area contributed by atoms with Gasteiger partial charge < -0.3 is 9.72 Å². The molecule has 0 atom stereocenters. The van der Waals surface area contributed by atoms with Crippen molar-refractivity contribution < 1.29 is 9.53 Å². The number of rotatable bonds is 3. The van der Waals surface area contributed by atoms with Crippen molar-refractivity contribution in [3.05, 3.63) is 42.1 Å². The first-order valence-corrected chi connectivity index (χ1v) is 4.62. The van der Waals surface area contributed by atoms with Crippen molar-refractivity contribution in [1.82, 2.24) is 4.98 Å². The zero-order valence-electron chi connectivity index (χ0n) is 8.36. The fourth-order valence-corrected chi connectivity index (χ4v) is 1.50. The van der Waals surface area contributed by atoms with E-state index in [9.17, 15) is 4.79 Å². The van der Waals surface area contributed by atoms with E-state index in [4.69, 9.17) is 4.74 Å². The molecule has 2 rings (SSSR count). The molecular formula is C12H11NO2. The van der Waals surface area contributed by atoms with Crippen LogP contribution >= 0.6 is 0 Å². The van der Waals surface area contributed by atoms with Gasteiger partial charge in [-0.1, -0.05) is 0 Å². The monoisotopic (exact) mass is 201 g/mol. The summed E-state index contributed by atoms with van der Waals surface area (Å²) in [4.78, 5) is 13.9. The van der Waals surface area contributed by atoms with Gasteiger partial charge in [0.2, 0.25) is 0 Å². The molecule has 0 saturated heterocycles. The maximum absolute atomic E-state index is 10.8. The predicted molar refractivity (Wildman–Crippen MR) is 58.2 cm³/mol. The highest BCUT2D eigenvalue weighted by Crippen LogP contribution is 2.24. The lowest BCUT2D eigenvalue weighted by atomic mass is 10.1. The van der Waals surface area contributed by atoms with Crippen molar-refractivity contribution in [2.75, 3.05) is 7.11 Å². The third-order valence-electron chi connectivity index (χ3n) is 2.27. The van der Waals surface area contributed by atoms with Crippen LogP contribution in [0.3, 0.4) is 0 Å². The number of nitrogens with one attached hydrogen (secondary N) is 1. The highest BCUT2D eigenvalue weighted by atomic mass is 16.5. The fourth-order valence-electron chi connectivity index (χ4n) is 1.50. The van der Waals surface area contributed by atoms with Crippen LogP contribution in [-0.4, -0.2) is 18.4 Å². The van der Waals surface area contributed by atoms with Crippen LogP contribution in [0.25, 0.3) is 11.3 Å². The lowest BCUT2D eigenvalue weighted by Gasteiger charge is -2.05. The average Bonchev–Trinajstić information content (AvgIpc) is 2.81. The Kier molecular flexibility index (Phi) is 2.54. The molecule has 0 fully saturated rings. The van der Waals surface area contributed by atoms with Crippen LogP contribution in [-0.2, 0) is 0 Å². The van der Waals surface area contributed by atoms with E-state index >= 15 is 0 Å². The number of benzene rings is 1. The molecule has 0 bridgehead atoms. The maximum atomic E-state index is 10.8. The first kappa shape index (κ1) is 9.52. The van der Waals surface area contributed by atoms with Crippen molar-refractivity contribution in [2.45, 2.75) is 0 Å². The van der Waals surface area contributed by atoms with E-state index < -0.39 is 0 Å². The lowest BCUT2D eigenvalue weighted by Crippen LogP contribution is -1.91. The van der Waals surface area contributed by atoms with Crippen LogP contribution in [0, 0.1) is 0 Å². The first-order chi connectivity index (χ1) is 7.35. The van der Waals surface area contributed by atoms with Crippen LogP contribution < -0.4 is 4.74 Å². The third-order valence-corrected chi connectivity index (χ3v) is 2.27. The maximum Gasteiger partial charge on any atom is 0.153 e. The van der Waals surface area contributed by atoms with E-state index in [0.29, 0.717) is 11.3 Å². The Hall–Kier alpha value is -2.03. The Labute approximate surface area is 87.7 Å². The second kappa shape index (κ2) is 4.00. The van der Waals surface area contributed by atoms with Gasteiger partial charge in [-0.3, -0.25) is 4.79 Å². The second-order valence-corrected chi connectivity index (χ2v) is 3.16. The summed E-state index contributed by atoms with van der Waals surface area (Å²) in [7, 11) is 1.55. The molecule has 3 nitrogen and oxygen atoms in total. The number of aromatic nitrogens is 1. The number of carbonyl (C=O) groups is 1. The number of carbonyl (C=O) groups excluding carboxylic acids is 1. The van der Waals surface area contributed by atoms with Gasteiger partial charge in [-0.25, -0.2) is 0 Å². The molecular weight excluding hydrogens is 190 g/mol. The van der Waals surface area contributed by atoms with Gasteiger partial charge >= 0.3 is 0 Å². The summed E-state index contributed by atoms with van der Waals surface area (Å²) in [6.45, 7) is 0. The summed E-state index contributed by atoms with van der Waals surface area (Å²) in [5.74, 6) is 0.598. The molecule has 1 aromatic heterocycles. The average molecular weight is 201 g/mol.